The van der Waals surface area contributed by atoms with Crippen LogP contribution in [0.1, 0.15) is 29.4 Å². The zero-order chi connectivity index (χ0) is 14.3. The first kappa shape index (κ1) is 12.9. The van der Waals surface area contributed by atoms with Crippen LogP contribution in [0, 0.1) is 20.8 Å². The van der Waals surface area contributed by atoms with Gasteiger partial charge in [-0.2, -0.15) is 5.10 Å². The number of aryl methyl sites for hydroxylation is 4. The van der Waals surface area contributed by atoms with Crippen molar-refractivity contribution in [1.29, 1.82) is 0 Å². The molecule has 0 bridgehead atoms. The van der Waals surface area contributed by atoms with Crippen molar-refractivity contribution in [3.05, 3.63) is 53.0 Å². The fourth-order valence-corrected chi connectivity index (χ4v) is 2.77. The number of hydrogen-bond acceptors (Lipinski definition) is 2. The van der Waals surface area contributed by atoms with Gasteiger partial charge in [-0.3, -0.25) is 0 Å². The van der Waals surface area contributed by atoms with E-state index in [1.54, 1.807) is 0 Å². The van der Waals surface area contributed by atoms with E-state index in [2.05, 4.69) is 51.0 Å². The minimum atomic E-state index is 0.937. The first-order valence-corrected chi connectivity index (χ1v) is 7.03. The number of hydrogen-bond donors (Lipinski definition) is 0. The zero-order valence-electron chi connectivity index (χ0n) is 12.4. The fraction of sp³-hybridized carbons (Fsp3) is 0.294. The second kappa shape index (κ2) is 4.75. The summed E-state index contributed by atoms with van der Waals surface area (Å²) in [4.78, 5) is 4.77. The van der Waals surface area contributed by atoms with Crippen molar-refractivity contribution < 1.29 is 0 Å². The van der Waals surface area contributed by atoms with Crippen molar-refractivity contribution >= 4 is 5.65 Å². The minimum Gasteiger partial charge on any atom is -0.233 e. The first-order valence-electron chi connectivity index (χ1n) is 7.03. The van der Waals surface area contributed by atoms with Crippen molar-refractivity contribution in [1.82, 2.24) is 14.6 Å². The highest BCUT2D eigenvalue weighted by Gasteiger charge is 2.16. The molecule has 20 heavy (non-hydrogen) atoms. The Bertz CT molecular complexity index is 764. The van der Waals surface area contributed by atoms with E-state index in [0.717, 1.165) is 29.0 Å². The van der Waals surface area contributed by atoms with E-state index in [1.807, 2.05) is 16.8 Å². The van der Waals surface area contributed by atoms with Crippen molar-refractivity contribution in [2.24, 2.45) is 0 Å². The van der Waals surface area contributed by atoms with E-state index in [9.17, 15) is 0 Å². The van der Waals surface area contributed by atoms with Crippen LogP contribution < -0.4 is 0 Å². The maximum atomic E-state index is 4.77. The Labute approximate surface area is 119 Å². The van der Waals surface area contributed by atoms with E-state index in [4.69, 9.17) is 4.98 Å². The van der Waals surface area contributed by atoms with Crippen LogP contribution in [-0.4, -0.2) is 14.6 Å². The predicted octanol–water partition coefficient (Wildman–Crippen LogP) is 3.88. The second-order valence-electron chi connectivity index (χ2n) is 5.27. The number of aromatic nitrogens is 3. The van der Waals surface area contributed by atoms with Gasteiger partial charge < -0.3 is 0 Å². The summed E-state index contributed by atoms with van der Waals surface area (Å²) in [7, 11) is 0. The Balaban J connectivity index is 2.38. The molecule has 0 aliphatic carbocycles. The molecular weight excluding hydrogens is 246 g/mol. The van der Waals surface area contributed by atoms with Crippen LogP contribution in [0.3, 0.4) is 0 Å². The summed E-state index contributed by atoms with van der Waals surface area (Å²) in [5.74, 6) is 0. The SMILES string of the molecule is CCc1ccn2nc(C)c(-c3c(C)cccc3C)c2n1. The molecule has 2 aromatic heterocycles. The summed E-state index contributed by atoms with van der Waals surface area (Å²) in [6.45, 7) is 8.48. The maximum absolute atomic E-state index is 4.77. The lowest BCUT2D eigenvalue weighted by atomic mass is 9.96. The van der Waals surface area contributed by atoms with Gasteiger partial charge in [-0.15, -0.1) is 0 Å². The Morgan fingerprint density at radius 2 is 1.70 bits per heavy atom. The van der Waals surface area contributed by atoms with Crippen LogP contribution in [0.4, 0.5) is 0 Å². The zero-order valence-corrected chi connectivity index (χ0v) is 12.4. The van der Waals surface area contributed by atoms with Gasteiger partial charge in [0, 0.05) is 11.9 Å². The van der Waals surface area contributed by atoms with Crippen LogP contribution in [-0.2, 0) is 6.42 Å². The lowest BCUT2D eigenvalue weighted by molar-refractivity contribution is 0.896. The average Bonchev–Trinajstić information content (AvgIpc) is 2.74. The van der Waals surface area contributed by atoms with Gasteiger partial charge in [-0.1, -0.05) is 25.1 Å². The van der Waals surface area contributed by atoms with E-state index in [0.29, 0.717) is 0 Å². The minimum absolute atomic E-state index is 0.937. The molecular formula is C17H19N3. The van der Waals surface area contributed by atoms with E-state index >= 15 is 0 Å². The molecule has 0 saturated carbocycles. The molecule has 0 saturated heterocycles. The van der Waals surface area contributed by atoms with Gasteiger partial charge in [-0.05, 0) is 49.9 Å². The quantitative estimate of drug-likeness (QED) is 0.703. The topological polar surface area (TPSA) is 30.2 Å². The Morgan fingerprint density at radius 3 is 2.35 bits per heavy atom. The monoisotopic (exact) mass is 265 g/mol. The molecule has 0 unspecified atom stereocenters. The lowest BCUT2D eigenvalue weighted by Crippen LogP contribution is -1.95. The summed E-state index contributed by atoms with van der Waals surface area (Å²) >= 11 is 0. The molecule has 3 aromatic rings. The smallest absolute Gasteiger partial charge is 0.163 e. The van der Waals surface area contributed by atoms with Crippen molar-refractivity contribution in [2.45, 2.75) is 34.1 Å². The van der Waals surface area contributed by atoms with Gasteiger partial charge in [0.2, 0.25) is 0 Å². The van der Waals surface area contributed by atoms with Crippen molar-refractivity contribution in [2.75, 3.05) is 0 Å². The summed E-state index contributed by atoms with van der Waals surface area (Å²) < 4.78 is 1.88. The van der Waals surface area contributed by atoms with Crippen LogP contribution in [0.15, 0.2) is 30.5 Å². The van der Waals surface area contributed by atoms with Crippen molar-refractivity contribution in [3.8, 4) is 11.1 Å². The Morgan fingerprint density at radius 1 is 1.00 bits per heavy atom. The third-order valence-electron chi connectivity index (χ3n) is 3.81. The average molecular weight is 265 g/mol. The molecule has 0 fully saturated rings. The van der Waals surface area contributed by atoms with Crippen LogP contribution >= 0.6 is 0 Å². The molecule has 0 aliphatic rings. The lowest BCUT2D eigenvalue weighted by Gasteiger charge is -2.09. The third kappa shape index (κ3) is 1.90. The molecule has 3 heteroatoms. The van der Waals surface area contributed by atoms with E-state index in [1.165, 1.54) is 16.7 Å². The highest BCUT2D eigenvalue weighted by Crippen LogP contribution is 2.32. The normalized spacial score (nSPS) is 11.2. The van der Waals surface area contributed by atoms with Gasteiger partial charge >= 0.3 is 0 Å². The van der Waals surface area contributed by atoms with Gasteiger partial charge in [0.25, 0.3) is 0 Å². The molecule has 1 aromatic carbocycles. The second-order valence-corrected chi connectivity index (χ2v) is 5.27. The van der Waals surface area contributed by atoms with Crippen LogP contribution in [0.5, 0.6) is 0 Å². The largest absolute Gasteiger partial charge is 0.233 e. The summed E-state index contributed by atoms with van der Waals surface area (Å²) in [6.07, 6.45) is 2.94. The van der Waals surface area contributed by atoms with E-state index < -0.39 is 0 Å². The maximum Gasteiger partial charge on any atom is 0.163 e. The third-order valence-corrected chi connectivity index (χ3v) is 3.81. The Hall–Kier alpha value is -2.16. The standard InChI is InChI=1S/C17H19N3/c1-5-14-9-10-20-17(18-14)16(13(4)19-20)15-11(2)7-6-8-12(15)3/h6-10H,5H2,1-4H3. The molecule has 0 amide bonds. The van der Waals surface area contributed by atoms with Gasteiger partial charge in [0.15, 0.2) is 5.65 Å². The van der Waals surface area contributed by atoms with Crippen molar-refractivity contribution in [3.63, 3.8) is 0 Å². The first-order chi connectivity index (χ1) is 9.61. The highest BCUT2D eigenvalue weighted by molar-refractivity contribution is 5.83. The molecule has 3 rings (SSSR count). The number of fused-ring (bicyclic) bond motifs is 1. The predicted molar refractivity (Wildman–Crippen MR) is 82.0 cm³/mol. The summed E-state index contributed by atoms with van der Waals surface area (Å²) in [6, 6.07) is 8.43. The number of benzene rings is 1. The molecule has 2 heterocycles. The Kier molecular flexibility index (Phi) is 3.05. The molecule has 0 N–H and O–H groups in total. The molecule has 3 nitrogen and oxygen atoms in total. The van der Waals surface area contributed by atoms with Gasteiger partial charge in [-0.25, -0.2) is 9.50 Å². The van der Waals surface area contributed by atoms with Crippen LogP contribution in [0.2, 0.25) is 0 Å². The van der Waals surface area contributed by atoms with Crippen LogP contribution in [0.25, 0.3) is 16.8 Å². The van der Waals surface area contributed by atoms with E-state index in [-0.39, 0.29) is 0 Å². The molecule has 0 aliphatic heterocycles. The van der Waals surface area contributed by atoms with Gasteiger partial charge in [0.1, 0.15) is 0 Å². The fourth-order valence-electron chi connectivity index (χ4n) is 2.77. The number of nitrogens with zero attached hydrogens (tertiary/aromatic N) is 3. The molecule has 0 radical (unpaired) electrons. The molecule has 0 atom stereocenters. The highest BCUT2D eigenvalue weighted by atomic mass is 15.2. The van der Waals surface area contributed by atoms with Gasteiger partial charge in [0.05, 0.1) is 11.3 Å². The molecule has 102 valence electrons. The molecule has 0 spiro atoms. The number of rotatable bonds is 2. The summed E-state index contributed by atoms with van der Waals surface area (Å²) in [5.41, 5.74) is 8.06. The summed E-state index contributed by atoms with van der Waals surface area (Å²) in [5, 5.41) is 4.60.